The van der Waals surface area contributed by atoms with Gasteiger partial charge in [0.15, 0.2) is 0 Å². The van der Waals surface area contributed by atoms with Gasteiger partial charge in [-0.05, 0) is 23.8 Å². The zero-order chi connectivity index (χ0) is 21.8. The largest absolute Gasteiger partial charge is 2.00 e. The molecule has 0 unspecified atom stereocenters. The van der Waals surface area contributed by atoms with Crippen LogP contribution < -0.4 is 0 Å². The number of hydrogen-bond donors (Lipinski definition) is 0. The first-order valence-electron chi connectivity index (χ1n) is 10.4. The van der Waals surface area contributed by atoms with Gasteiger partial charge in [-0.2, -0.15) is 36.4 Å². The second-order valence-electron chi connectivity index (χ2n) is 6.93. The number of nitrogens with zero attached hydrogens (tertiary/aromatic N) is 2. The second kappa shape index (κ2) is 13.1. The number of hydrogen-bond acceptors (Lipinski definition) is 2. The van der Waals surface area contributed by atoms with E-state index < -0.39 is 0 Å². The van der Waals surface area contributed by atoms with E-state index >= 15 is 0 Å². The molecular formula is C30H22N2Pt. The monoisotopic (exact) mass is 605 g/mol. The SMILES string of the molecule is [Pt+2].[c-]1c(C(=Nc2ccccc2)c2ccccc2)cccc1-c1ccccn1.[c-]1ccccc1. The normalized spacial score (nSPS) is 10.4. The first kappa shape index (κ1) is 24.0. The topological polar surface area (TPSA) is 25.2 Å². The molecule has 3 heteroatoms. The van der Waals surface area contributed by atoms with E-state index in [2.05, 4.69) is 29.2 Å². The predicted molar refractivity (Wildman–Crippen MR) is 132 cm³/mol. The van der Waals surface area contributed by atoms with Crippen LogP contribution in [0.2, 0.25) is 0 Å². The van der Waals surface area contributed by atoms with E-state index in [1.165, 1.54) is 0 Å². The summed E-state index contributed by atoms with van der Waals surface area (Å²) >= 11 is 0. The van der Waals surface area contributed by atoms with Gasteiger partial charge in [-0.25, -0.2) is 0 Å². The van der Waals surface area contributed by atoms with E-state index in [1.807, 2.05) is 115 Å². The fourth-order valence-electron chi connectivity index (χ4n) is 3.13. The third-order valence-corrected chi connectivity index (χ3v) is 4.64. The maximum Gasteiger partial charge on any atom is 2.00 e. The molecular weight excluding hydrogens is 583 g/mol. The van der Waals surface area contributed by atoms with Crippen LogP contribution in [0.15, 0.2) is 139 Å². The molecule has 33 heavy (non-hydrogen) atoms. The Morgan fingerprint density at radius 2 is 1.30 bits per heavy atom. The predicted octanol–water partition coefficient (Wildman–Crippen LogP) is 7.20. The molecule has 2 nitrogen and oxygen atoms in total. The molecule has 5 aromatic rings. The molecule has 0 saturated carbocycles. The van der Waals surface area contributed by atoms with Gasteiger partial charge in [-0.3, -0.25) is 9.98 Å². The average molecular weight is 606 g/mol. The Balaban J connectivity index is 0.000000382. The molecule has 162 valence electrons. The minimum absolute atomic E-state index is 0. The Bertz CT molecular complexity index is 1210. The van der Waals surface area contributed by atoms with Crippen molar-refractivity contribution in [2.75, 3.05) is 0 Å². The van der Waals surface area contributed by atoms with Gasteiger partial charge in [0.1, 0.15) is 0 Å². The van der Waals surface area contributed by atoms with Crippen LogP contribution in [0.3, 0.4) is 0 Å². The molecule has 0 atom stereocenters. The Hall–Kier alpha value is -3.61. The van der Waals surface area contributed by atoms with Crippen LogP contribution in [-0.4, -0.2) is 10.7 Å². The summed E-state index contributed by atoms with van der Waals surface area (Å²) in [5.41, 5.74) is 5.69. The van der Waals surface area contributed by atoms with Gasteiger partial charge < -0.3 is 0 Å². The van der Waals surface area contributed by atoms with E-state index in [4.69, 9.17) is 4.99 Å². The van der Waals surface area contributed by atoms with Gasteiger partial charge in [0, 0.05) is 17.6 Å². The van der Waals surface area contributed by atoms with E-state index in [0.29, 0.717) is 0 Å². The third kappa shape index (κ3) is 7.20. The molecule has 5 rings (SSSR count). The Morgan fingerprint density at radius 1 is 0.636 bits per heavy atom. The first-order chi connectivity index (χ1) is 15.9. The van der Waals surface area contributed by atoms with Crippen molar-refractivity contribution in [1.29, 1.82) is 0 Å². The van der Waals surface area contributed by atoms with Crippen LogP contribution in [0.1, 0.15) is 11.1 Å². The molecule has 1 heterocycles. The van der Waals surface area contributed by atoms with Crippen molar-refractivity contribution in [1.82, 2.24) is 4.98 Å². The van der Waals surface area contributed by atoms with Crippen LogP contribution in [0, 0.1) is 12.1 Å². The van der Waals surface area contributed by atoms with Crippen LogP contribution in [0.25, 0.3) is 11.3 Å². The molecule has 1 aromatic heterocycles. The summed E-state index contributed by atoms with van der Waals surface area (Å²) in [5, 5.41) is 0. The van der Waals surface area contributed by atoms with Crippen LogP contribution >= 0.6 is 0 Å². The summed E-state index contributed by atoms with van der Waals surface area (Å²) in [7, 11) is 0. The summed E-state index contributed by atoms with van der Waals surface area (Å²) in [6.07, 6.45) is 1.80. The maximum atomic E-state index is 4.90. The molecule has 0 spiro atoms. The quantitative estimate of drug-likeness (QED) is 0.157. The summed E-state index contributed by atoms with van der Waals surface area (Å²) < 4.78 is 0. The summed E-state index contributed by atoms with van der Waals surface area (Å²) in [4.78, 5) is 9.33. The van der Waals surface area contributed by atoms with Crippen molar-refractivity contribution in [3.8, 4) is 11.3 Å². The molecule has 0 N–H and O–H groups in total. The smallest absolute Gasteiger partial charge is 0.295 e. The number of benzene rings is 4. The van der Waals surface area contributed by atoms with E-state index in [-0.39, 0.29) is 21.1 Å². The third-order valence-electron chi connectivity index (χ3n) is 4.64. The van der Waals surface area contributed by atoms with Crippen LogP contribution in [0.4, 0.5) is 5.69 Å². The molecule has 0 fully saturated rings. The standard InChI is InChI=1S/C24H17N2.C6H5.Pt/c1-3-10-19(11-4-1)24(26-22-14-5-2-6-15-22)21-13-9-12-20(18-21)23-16-7-8-17-25-23;1-2-4-6-5-3-1;/h1-17H;1-5H;/q2*-1;+2. The zero-order valence-corrected chi connectivity index (χ0v) is 20.2. The number of para-hydroxylation sites is 1. The molecule has 0 aliphatic heterocycles. The van der Waals surface area contributed by atoms with Crippen molar-refractivity contribution in [3.05, 3.63) is 157 Å². The summed E-state index contributed by atoms with van der Waals surface area (Å²) in [6, 6.07) is 48.2. The van der Waals surface area contributed by atoms with Crippen LogP contribution in [0.5, 0.6) is 0 Å². The second-order valence-corrected chi connectivity index (χ2v) is 6.93. The van der Waals surface area contributed by atoms with Crippen molar-refractivity contribution in [2.24, 2.45) is 4.99 Å². The van der Waals surface area contributed by atoms with Crippen molar-refractivity contribution < 1.29 is 21.1 Å². The minimum atomic E-state index is 0. The Labute approximate surface area is 210 Å². The molecule has 0 bridgehead atoms. The maximum absolute atomic E-state index is 4.90. The molecule has 0 radical (unpaired) electrons. The Kier molecular flexibility index (Phi) is 9.51. The van der Waals surface area contributed by atoms with Crippen molar-refractivity contribution in [3.63, 3.8) is 0 Å². The van der Waals surface area contributed by atoms with E-state index in [9.17, 15) is 0 Å². The summed E-state index contributed by atoms with van der Waals surface area (Å²) in [6.45, 7) is 0. The minimum Gasteiger partial charge on any atom is -0.295 e. The van der Waals surface area contributed by atoms with Gasteiger partial charge in [0.25, 0.3) is 0 Å². The number of aliphatic imine (C=N–C) groups is 1. The van der Waals surface area contributed by atoms with Gasteiger partial charge in [-0.1, -0.05) is 71.8 Å². The first-order valence-corrected chi connectivity index (χ1v) is 10.4. The molecule has 0 aliphatic rings. The molecule has 0 saturated heterocycles. The molecule has 0 amide bonds. The number of aromatic nitrogens is 1. The van der Waals surface area contributed by atoms with E-state index in [0.717, 1.165) is 33.8 Å². The zero-order valence-electron chi connectivity index (χ0n) is 17.9. The average Bonchev–Trinajstić information content (AvgIpc) is 2.90. The number of pyridine rings is 1. The Morgan fingerprint density at radius 3 is 1.91 bits per heavy atom. The molecule has 4 aromatic carbocycles. The fraction of sp³-hybridized carbons (Fsp3) is 0. The fourth-order valence-corrected chi connectivity index (χ4v) is 3.13. The van der Waals surface area contributed by atoms with Crippen molar-refractivity contribution >= 4 is 11.4 Å². The van der Waals surface area contributed by atoms with Crippen molar-refractivity contribution in [2.45, 2.75) is 0 Å². The van der Waals surface area contributed by atoms with Crippen LogP contribution in [-0.2, 0) is 21.1 Å². The van der Waals surface area contributed by atoms with Gasteiger partial charge >= 0.3 is 21.1 Å². The summed E-state index contributed by atoms with van der Waals surface area (Å²) in [5.74, 6) is 0. The number of rotatable bonds is 4. The van der Waals surface area contributed by atoms with Gasteiger partial charge in [0.05, 0.1) is 5.69 Å². The molecule has 0 aliphatic carbocycles. The van der Waals surface area contributed by atoms with Gasteiger partial charge in [0.2, 0.25) is 0 Å². The van der Waals surface area contributed by atoms with E-state index in [1.54, 1.807) is 6.20 Å². The van der Waals surface area contributed by atoms with Gasteiger partial charge in [-0.15, -0.1) is 24.3 Å².